The zero-order valence-corrected chi connectivity index (χ0v) is 9.41. The van der Waals surface area contributed by atoms with Crippen LogP contribution in [0.15, 0.2) is 0 Å². The molecule has 84 valence electrons. The molecule has 0 aromatic rings. The van der Waals surface area contributed by atoms with Gasteiger partial charge in [-0.25, -0.2) is 4.79 Å². The van der Waals surface area contributed by atoms with Gasteiger partial charge in [0, 0.05) is 0 Å². The van der Waals surface area contributed by atoms with Crippen LogP contribution in [-0.2, 0) is 4.74 Å². The summed E-state index contributed by atoms with van der Waals surface area (Å²) in [6, 6.07) is -0.225. The maximum atomic E-state index is 11.0. The number of aliphatic hydroxyl groups is 1. The van der Waals surface area contributed by atoms with Crippen LogP contribution in [0.5, 0.6) is 0 Å². The van der Waals surface area contributed by atoms with E-state index in [2.05, 4.69) is 10.1 Å². The third kappa shape index (κ3) is 3.96. The van der Waals surface area contributed by atoms with E-state index in [4.69, 9.17) is 0 Å². The van der Waals surface area contributed by atoms with Crippen LogP contribution in [0.25, 0.3) is 0 Å². The van der Waals surface area contributed by atoms with Crippen LogP contribution < -0.4 is 5.32 Å². The Morgan fingerprint density at radius 3 is 2.36 bits per heavy atom. The molecule has 0 aliphatic carbocycles. The lowest BCUT2D eigenvalue weighted by Gasteiger charge is -2.27. The number of rotatable bonds is 5. The lowest BCUT2D eigenvalue weighted by atomic mass is 9.93. The van der Waals surface area contributed by atoms with Crippen molar-refractivity contribution in [3.63, 3.8) is 0 Å². The van der Waals surface area contributed by atoms with Gasteiger partial charge in [-0.3, -0.25) is 0 Å². The Hall–Kier alpha value is -0.770. The molecule has 14 heavy (non-hydrogen) atoms. The molecule has 0 aliphatic heterocycles. The molecule has 3 unspecified atom stereocenters. The SMILES string of the molecule is CCC(C)C(NC(=O)OC)C(O)CC. The number of methoxy groups -OCH3 is 1. The first-order valence-electron chi connectivity index (χ1n) is 5.09. The van der Waals surface area contributed by atoms with Crippen LogP contribution in [0, 0.1) is 5.92 Å². The fourth-order valence-electron chi connectivity index (χ4n) is 1.32. The van der Waals surface area contributed by atoms with Crippen molar-refractivity contribution < 1.29 is 14.6 Å². The minimum Gasteiger partial charge on any atom is -0.453 e. The van der Waals surface area contributed by atoms with Gasteiger partial charge in [-0.15, -0.1) is 0 Å². The zero-order chi connectivity index (χ0) is 11.1. The van der Waals surface area contributed by atoms with E-state index in [1.54, 1.807) is 0 Å². The van der Waals surface area contributed by atoms with E-state index in [0.29, 0.717) is 6.42 Å². The van der Waals surface area contributed by atoms with Gasteiger partial charge in [-0.05, 0) is 12.3 Å². The number of aliphatic hydroxyl groups excluding tert-OH is 1. The monoisotopic (exact) mass is 203 g/mol. The maximum absolute atomic E-state index is 11.0. The third-order valence-electron chi connectivity index (χ3n) is 2.56. The van der Waals surface area contributed by atoms with Crippen molar-refractivity contribution in [2.75, 3.05) is 7.11 Å². The first-order valence-corrected chi connectivity index (χ1v) is 5.09. The van der Waals surface area contributed by atoms with Crippen LogP contribution in [0.3, 0.4) is 0 Å². The highest BCUT2D eigenvalue weighted by Gasteiger charge is 2.24. The first kappa shape index (κ1) is 13.2. The Bertz CT molecular complexity index is 163. The molecule has 0 spiro atoms. The molecule has 0 heterocycles. The quantitative estimate of drug-likeness (QED) is 0.712. The predicted molar refractivity (Wildman–Crippen MR) is 55.1 cm³/mol. The second-order valence-corrected chi connectivity index (χ2v) is 3.52. The van der Waals surface area contributed by atoms with Gasteiger partial charge in [-0.1, -0.05) is 27.2 Å². The minimum atomic E-state index is -0.510. The Balaban J connectivity index is 4.31. The summed E-state index contributed by atoms with van der Waals surface area (Å²) in [5.74, 6) is 0.240. The number of carbonyl (C=O) groups is 1. The summed E-state index contributed by atoms with van der Waals surface area (Å²) < 4.78 is 4.51. The lowest BCUT2D eigenvalue weighted by molar-refractivity contribution is 0.0879. The van der Waals surface area contributed by atoms with Gasteiger partial charge in [0.2, 0.25) is 0 Å². The second kappa shape index (κ2) is 6.65. The van der Waals surface area contributed by atoms with Crippen LogP contribution in [0.1, 0.15) is 33.6 Å². The maximum Gasteiger partial charge on any atom is 0.407 e. The Morgan fingerprint density at radius 1 is 1.43 bits per heavy atom. The van der Waals surface area contributed by atoms with Crippen molar-refractivity contribution in [3.8, 4) is 0 Å². The van der Waals surface area contributed by atoms with Crippen molar-refractivity contribution in [1.82, 2.24) is 5.32 Å². The summed E-state index contributed by atoms with van der Waals surface area (Å²) in [4.78, 5) is 11.0. The summed E-state index contributed by atoms with van der Waals surface area (Å²) in [7, 11) is 1.32. The molecule has 4 nitrogen and oxygen atoms in total. The molecular weight excluding hydrogens is 182 g/mol. The molecule has 0 aromatic heterocycles. The molecular formula is C10H21NO3. The molecule has 2 N–H and O–H groups in total. The Kier molecular flexibility index (Phi) is 6.28. The summed E-state index contributed by atoms with van der Waals surface area (Å²) in [6.07, 6.45) is 0.539. The predicted octanol–water partition coefficient (Wildman–Crippen LogP) is 1.53. The minimum absolute atomic E-state index is 0.225. The highest BCUT2D eigenvalue weighted by Crippen LogP contribution is 2.13. The largest absolute Gasteiger partial charge is 0.453 e. The molecule has 0 radical (unpaired) electrons. The molecule has 4 heteroatoms. The van der Waals surface area contributed by atoms with E-state index >= 15 is 0 Å². The third-order valence-corrected chi connectivity index (χ3v) is 2.56. The van der Waals surface area contributed by atoms with E-state index in [0.717, 1.165) is 6.42 Å². The van der Waals surface area contributed by atoms with Crippen LogP contribution >= 0.6 is 0 Å². The molecule has 1 amide bonds. The fraction of sp³-hybridized carbons (Fsp3) is 0.900. The fourth-order valence-corrected chi connectivity index (χ4v) is 1.32. The van der Waals surface area contributed by atoms with E-state index in [1.165, 1.54) is 7.11 Å². The van der Waals surface area contributed by atoms with Crippen molar-refractivity contribution in [2.45, 2.75) is 45.8 Å². The number of alkyl carbamates (subject to hydrolysis) is 1. The van der Waals surface area contributed by atoms with Gasteiger partial charge in [0.05, 0.1) is 19.3 Å². The molecule has 0 aliphatic rings. The van der Waals surface area contributed by atoms with Gasteiger partial charge >= 0.3 is 6.09 Å². The van der Waals surface area contributed by atoms with Gasteiger partial charge < -0.3 is 15.2 Å². The number of ether oxygens (including phenoxy) is 1. The molecule has 0 fully saturated rings. The first-order chi connectivity index (χ1) is 6.56. The van der Waals surface area contributed by atoms with Gasteiger partial charge in [0.1, 0.15) is 0 Å². The number of nitrogens with one attached hydrogen (secondary N) is 1. The number of carbonyl (C=O) groups excluding carboxylic acids is 1. The van der Waals surface area contributed by atoms with Crippen molar-refractivity contribution in [1.29, 1.82) is 0 Å². The molecule has 0 rings (SSSR count). The summed E-state index contributed by atoms with van der Waals surface area (Å²) >= 11 is 0. The van der Waals surface area contributed by atoms with Crippen molar-refractivity contribution in [2.24, 2.45) is 5.92 Å². The Labute approximate surface area is 85.6 Å². The summed E-state index contributed by atoms with van der Waals surface area (Å²) in [5.41, 5.74) is 0. The zero-order valence-electron chi connectivity index (χ0n) is 9.41. The summed E-state index contributed by atoms with van der Waals surface area (Å²) in [6.45, 7) is 5.91. The van der Waals surface area contributed by atoms with E-state index in [9.17, 15) is 9.90 Å². The van der Waals surface area contributed by atoms with Gasteiger partial charge in [0.25, 0.3) is 0 Å². The number of hydrogen-bond donors (Lipinski definition) is 2. The van der Waals surface area contributed by atoms with Gasteiger partial charge in [-0.2, -0.15) is 0 Å². The number of amides is 1. The van der Waals surface area contributed by atoms with E-state index < -0.39 is 12.2 Å². The van der Waals surface area contributed by atoms with Crippen LogP contribution in [-0.4, -0.2) is 30.5 Å². The lowest BCUT2D eigenvalue weighted by Crippen LogP contribution is -2.47. The summed E-state index contributed by atoms with van der Waals surface area (Å²) in [5, 5.41) is 12.4. The molecule has 0 saturated carbocycles. The smallest absolute Gasteiger partial charge is 0.407 e. The van der Waals surface area contributed by atoms with Crippen LogP contribution in [0.4, 0.5) is 4.79 Å². The van der Waals surface area contributed by atoms with Crippen molar-refractivity contribution >= 4 is 6.09 Å². The van der Waals surface area contributed by atoms with Gasteiger partial charge in [0.15, 0.2) is 0 Å². The topological polar surface area (TPSA) is 58.6 Å². The average Bonchev–Trinajstić information content (AvgIpc) is 2.23. The number of hydrogen-bond acceptors (Lipinski definition) is 3. The molecule has 0 aromatic carbocycles. The molecule has 0 bridgehead atoms. The Morgan fingerprint density at radius 2 is 2.00 bits per heavy atom. The molecule has 3 atom stereocenters. The van der Waals surface area contributed by atoms with Crippen LogP contribution in [0.2, 0.25) is 0 Å². The van der Waals surface area contributed by atoms with Crippen molar-refractivity contribution in [3.05, 3.63) is 0 Å². The average molecular weight is 203 g/mol. The van der Waals surface area contributed by atoms with E-state index in [1.807, 2.05) is 20.8 Å². The standard InChI is InChI=1S/C10H21NO3/c1-5-7(3)9(8(12)6-2)11-10(13)14-4/h7-9,12H,5-6H2,1-4H3,(H,11,13). The highest BCUT2D eigenvalue weighted by atomic mass is 16.5. The second-order valence-electron chi connectivity index (χ2n) is 3.52. The normalized spacial score (nSPS) is 16.9. The van der Waals surface area contributed by atoms with E-state index in [-0.39, 0.29) is 12.0 Å². The molecule has 0 saturated heterocycles. The highest BCUT2D eigenvalue weighted by molar-refractivity contribution is 5.67.